The van der Waals surface area contributed by atoms with Gasteiger partial charge >= 0.3 is 5.97 Å². The van der Waals surface area contributed by atoms with Crippen LogP contribution in [0, 0.1) is 0 Å². The molecule has 0 saturated carbocycles. The molecule has 0 spiro atoms. The van der Waals surface area contributed by atoms with Gasteiger partial charge in [0.25, 0.3) is 5.91 Å². The van der Waals surface area contributed by atoms with Gasteiger partial charge < -0.3 is 14.5 Å². The van der Waals surface area contributed by atoms with Crippen molar-refractivity contribution in [2.75, 3.05) is 31.9 Å². The van der Waals surface area contributed by atoms with Crippen molar-refractivity contribution in [3.05, 3.63) is 29.3 Å². The van der Waals surface area contributed by atoms with Gasteiger partial charge in [-0.15, -0.1) is 11.8 Å². The van der Waals surface area contributed by atoms with E-state index >= 15 is 0 Å². The van der Waals surface area contributed by atoms with Crippen LogP contribution in [0.15, 0.2) is 23.1 Å². The van der Waals surface area contributed by atoms with Crippen molar-refractivity contribution >= 4 is 29.5 Å². The fourth-order valence-corrected chi connectivity index (χ4v) is 4.30. The zero-order valence-electron chi connectivity index (χ0n) is 15.9. The van der Waals surface area contributed by atoms with Crippen LogP contribution in [0.25, 0.3) is 0 Å². The number of rotatable bonds is 5. The first kappa shape index (κ1) is 19.7. The van der Waals surface area contributed by atoms with Crippen LogP contribution in [0.3, 0.4) is 0 Å². The van der Waals surface area contributed by atoms with Crippen LogP contribution in [-0.4, -0.2) is 65.6 Å². The molecule has 1 unspecified atom stereocenters. The Morgan fingerprint density at radius 1 is 1.07 bits per heavy atom. The number of hydrogen-bond acceptors (Lipinski definition) is 5. The third-order valence-electron chi connectivity index (χ3n) is 5.12. The predicted molar refractivity (Wildman–Crippen MR) is 104 cm³/mol. The Kier molecular flexibility index (Phi) is 6.42. The lowest BCUT2D eigenvalue weighted by Gasteiger charge is -2.35. The fraction of sp³-hybridized carbons (Fsp3) is 0.550. The van der Waals surface area contributed by atoms with E-state index in [1.54, 1.807) is 16.7 Å². The highest BCUT2D eigenvalue weighted by atomic mass is 32.2. The molecule has 0 aromatic heterocycles. The van der Waals surface area contributed by atoms with Crippen molar-refractivity contribution in [3.63, 3.8) is 0 Å². The number of benzene rings is 1. The van der Waals surface area contributed by atoms with Gasteiger partial charge in [0, 0.05) is 38.0 Å². The molecular weight excluding hydrogens is 364 g/mol. The summed E-state index contributed by atoms with van der Waals surface area (Å²) in [4.78, 5) is 40.4. The van der Waals surface area contributed by atoms with Crippen molar-refractivity contribution in [3.8, 4) is 0 Å². The molecule has 1 atom stereocenters. The SMILES string of the molecule is CC(=O)N1CCN(C(=O)C(C)OC(=O)CSc2ccc3c(c2)CCC3)CC1. The second-order valence-corrected chi connectivity index (χ2v) is 8.08. The van der Waals surface area contributed by atoms with Gasteiger partial charge in [-0.05, 0) is 49.4 Å². The fourth-order valence-electron chi connectivity index (χ4n) is 3.56. The van der Waals surface area contributed by atoms with E-state index in [4.69, 9.17) is 4.74 Å². The normalized spacial score (nSPS) is 17.4. The van der Waals surface area contributed by atoms with Gasteiger partial charge in [0.05, 0.1) is 5.75 Å². The smallest absolute Gasteiger partial charge is 0.317 e. The molecular formula is C20H26N2O4S. The number of ether oxygens (including phenoxy) is 1. The molecule has 1 fully saturated rings. The van der Waals surface area contributed by atoms with Gasteiger partial charge in [0.15, 0.2) is 6.10 Å². The van der Waals surface area contributed by atoms with E-state index in [2.05, 4.69) is 12.1 Å². The molecule has 1 aliphatic heterocycles. The lowest BCUT2D eigenvalue weighted by atomic mass is 10.1. The number of thioether (sulfide) groups is 1. The first-order valence-corrected chi connectivity index (χ1v) is 10.4. The summed E-state index contributed by atoms with van der Waals surface area (Å²) < 4.78 is 5.32. The number of esters is 1. The number of aryl methyl sites for hydroxylation is 2. The van der Waals surface area contributed by atoms with E-state index in [0.29, 0.717) is 26.2 Å². The van der Waals surface area contributed by atoms with E-state index in [9.17, 15) is 14.4 Å². The maximum Gasteiger partial charge on any atom is 0.317 e. The molecule has 1 saturated heterocycles. The van der Waals surface area contributed by atoms with E-state index in [1.165, 1.54) is 36.2 Å². The number of piperazine rings is 1. The minimum atomic E-state index is -0.804. The molecule has 1 aromatic rings. The average molecular weight is 391 g/mol. The monoisotopic (exact) mass is 390 g/mol. The molecule has 2 amide bonds. The standard InChI is InChI=1S/C20H26N2O4S/c1-14(20(25)22-10-8-21(9-11-22)15(2)23)26-19(24)13-27-18-7-6-16-4-3-5-17(16)12-18/h6-7,12,14H,3-5,8-11,13H2,1-2H3. The molecule has 1 heterocycles. The zero-order chi connectivity index (χ0) is 19.4. The summed E-state index contributed by atoms with van der Waals surface area (Å²) in [5, 5.41) is 0. The lowest BCUT2D eigenvalue weighted by Crippen LogP contribution is -2.52. The Hall–Kier alpha value is -2.02. The van der Waals surface area contributed by atoms with Gasteiger partial charge in [-0.3, -0.25) is 14.4 Å². The molecule has 0 radical (unpaired) electrons. The topological polar surface area (TPSA) is 66.9 Å². The summed E-state index contributed by atoms with van der Waals surface area (Å²) >= 11 is 1.44. The van der Waals surface area contributed by atoms with Crippen molar-refractivity contribution < 1.29 is 19.1 Å². The lowest BCUT2D eigenvalue weighted by molar-refractivity contribution is -0.158. The summed E-state index contributed by atoms with van der Waals surface area (Å²) in [5.41, 5.74) is 2.78. The summed E-state index contributed by atoms with van der Waals surface area (Å²) in [6, 6.07) is 6.34. The third kappa shape index (κ3) is 5.03. The van der Waals surface area contributed by atoms with Crippen LogP contribution in [-0.2, 0) is 32.0 Å². The summed E-state index contributed by atoms with van der Waals surface area (Å²) in [5.74, 6) is -0.378. The second kappa shape index (κ2) is 8.78. The highest BCUT2D eigenvalue weighted by Crippen LogP contribution is 2.27. The van der Waals surface area contributed by atoms with Crippen molar-refractivity contribution in [2.45, 2.75) is 44.1 Å². The highest BCUT2D eigenvalue weighted by molar-refractivity contribution is 8.00. The second-order valence-electron chi connectivity index (χ2n) is 7.04. The van der Waals surface area contributed by atoms with E-state index in [-0.39, 0.29) is 23.5 Å². The van der Waals surface area contributed by atoms with E-state index < -0.39 is 6.10 Å². The van der Waals surface area contributed by atoms with Gasteiger partial charge in [-0.1, -0.05) is 6.07 Å². The van der Waals surface area contributed by atoms with Gasteiger partial charge in [-0.2, -0.15) is 0 Å². The molecule has 6 nitrogen and oxygen atoms in total. The maximum absolute atomic E-state index is 12.5. The van der Waals surface area contributed by atoms with Crippen LogP contribution in [0.1, 0.15) is 31.4 Å². The first-order valence-electron chi connectivity index (χ1n) is 9.42. The van der Waals surface area contributed by atoms with E-state index in [0.717, 1.165) is 17.7 Å². The molecule has 0 N–H and O–H groups in total. The van der Waals surface area contributed by atoms with Gasteiger partial charge in [0.1, 0.15) is 0 Å². The maximum atomic E-state index is 12.5. The average Bonchev–Trinajstić information content (AvgIpc) is 3.13. The van der Waals surface area contributed by atoms with E-state index in [1.807, 2.05) is 6.07 Å². The Morgan fingerprint density at radius 2 is 1.74 bits per heavy atom. The quantitative estimate of drug-likeness (QED) is 0.567. The first-order chi connectivity index (χ1) is 12.9. The van der Waals surface area contributed by atoms with Crippen molar-refractivity contribution in [2.24, 2.45) is 0 Å². The Balaban J connectivity index is 1.43. The van der Waals surface area contributed by atoms with Crippen molar-refractivity contribution in [1.29, 1.82) is 0 Å². The molecule has 146 valence electrons. The Morgan fingerprint density at radius 3 is 2.44 bits per heavy atom. The number of amides is 2. The third-order valence-corrected chi connectivity index (χ3v) is 6.09. The van der Waals surface area contributed by atoms with Crippen LogP contribution in [0.5, 0.6) is 0 Å². The van der Waals surface area contributed by atoms with Crippen LogP contribution in [0.2, 0.25) is 0 Å². The Labute approximate surface area is 164 Å². The highest BCUT2D eigenvalue weighted by Gasteiger charge is 2.27. The molecule has 7 heteroatoms. The molecule has 1 aromatic carbocycles. The molecule has 0 bridgehead atoms. The number of carbonyl (C=O) groups is 3. The Bertz CT molecular complexity index is 729. The molecule has 3 rings (SSSR count). The summed E-state index contributed by atoms with van der Waals surface area (Å²) in [6.45, 7) is 5.14. The minimum absolute atomic E-state index is 0.0187. The predicted octanol–water partition coefficient (Wildman–Crippen LogP) is 1.89. The van der Waals surface area contributed by atoms with Gasteiger partial charge in [-0.25, -0.2) is 0 Å². The number of hydrogen-bond donors (Lipinski definition) is 0. The van der Waals surface area contributed by atoms with Gasteiger partial charge in [0.2, 0.25) is 5.91 Å². The summed E-state index contributed by atoms with van der Waals surface area (Å²) in [7, 11) is 0. The number of carbonyl (C=O) groups excluding carboxylic acids is 3. The largest absolute Gasteiger partial charge is 0.452 e. The summed E-state index contributed by atoms with van der Waals surface area (Å²) in [6.07, 6.45) is 2.65. The number of fused-ring (bicyclic) bond motifs is 1. The van der Waals surface area contributed by atoms with Crippen LogP contribution in [0.4, 0.5) is 0 Å². The molecule has 27 heavy (non-hydrogen) atoms. The van der Waals surface area contributed by atoms with Crippen LogP contribution < -0.4 is 0 Å². The molecule has 2 aliphatic rings. The number of nitrogens with zero attached hydrogens (tertiary/aromatic N) is 2. The minimum Gasteiger partial charge on any atom is -0.452 e. The zero-order valence-corrected chi connectivity index (χ0v) is 16.7. The van der Waals surface area contributed by atoms with Crippen LogP contribution >= 0.6 is 11.8 Å². The van der Waals surface area contributed by atoms with Crippen molar-refractivity contribution in [1.82, 2.24) is 9.80 Å². The molecule has 1 aliphatic carbocycles.